The average molecular weight is 440 g/mol. The van der Waals surface area contributed by atoms with Crippen LogP contribution >= 0.6 is 0 Å². The average Bonchev–Trinajstić information content (AvgIpc) is 2.71. The van der Waals surface area contributed by atoms with Crippen molar-refractivity contribution in [3.8, 4) is 0 Å². The molecule has 0 saturated carbocycles. The second kappa shape index (κ2) is 8.85. The Morgan fingerprint density at radius 3 is 2.44 bits per heavy atom. The monoisotopic (exact) mass is 439 g/mol. The van der Waals surface area contributed by atoms with Crippen molar-refractivity contribution in [2.24, 2.45) is 0 Å². The molecule has 1 amide bonds. The normalized spacial score (nSPS) is 20.9. The topological polar surface area (TPSA) is 79.3 Å². The molecular weight excluding hydrogens is 402 g/mol. The van der Waals surface area contributed by atoms with E-state index in [4.69, 9.17) is 4.98 Å². The molecule has 2 aliphatic rings. The van der Waals surface area contributed by atoms with Crippen molar-refractivity contribution in [1.29, 1.82) is 0 Å². The maximum Gasteiger partial charge on any atom is 0.294 e. The number of carbonyl (C=O) groups excluding carboxylic acids is 1. The first-order valence-corrected chi connectivity index (χ1v) is 12.0. The van der Waals surface area contributed by atoms with Crippen LogP contribution in [0.25, 0.3) is 11.0 Å². The van der Waals surface area contributed by atoms with E-state index in [0.29, 0.717) is 12.4 Å². The van der Waals surface area contributed by atoms with Gasteiger partial charge in [-0.05, 0) is 71.9 Å². The predicted molar refractivity (Wildman–Crippen MR) is 129 cm³/mol. The molecule has 0 radical (unpaired) electrons. The van der Waals surface area contributed by atoms with E-state index in [1.165, 1.54) is 6.42 Å². The molecule has 7 heteroatoms. The lowest BCUT2D eigenvalue weighted by atomic mass is 9.79. The van der Waals surface area contributed by atoms with Gasteiger partial charge < -0.3 is 20.1 Å². The number of aromatic nitrogens is 2. The van der Waals surface area contributed by atoms with Crippen molar-refractivity contribution in [3.63, 3.8) is 0 Å². The van der Waals surface area contributed by atoms with E-state index in [0.717, 1.165) is 49.8 Å². The molecule has 0 spiro atoms. The minimum Gasteiger partial charge on any atom is -0.353 e. The minimum atomic E-state index is -0.0949. The van der Waals surface area contributed by atoms with Crippen LogP contribution in [-0.4, -0.2) is 45.7 Å². The number of nitrogens with zero attached hydrogens (tertiary/aromatic N) is 3. The highest BCUT2D eigenvalue weighted by atomic mass is 16.2. The summed E-state index contributed by atoms with van der Waals surface area (Å²) in [6.45, 7) is 10.8. The molecule has 0 unspecified atom stereocenters. The number of piperidine rings is 2. The van der Waals surface area contributed by atoms with Gasteiger partial charge in [-0.15, -0.1) is 0 Å². The summed E-state index contributed by atoms with van der Waals surface area (Å²) in [5, 5.41) is 6.88. The van der Waals surface area contributed by atoms with Gasteiger partial charge in [0, 0.05) is 43.2 Å². The first-order chi connectivity index (χ1) is 15.1. The Labute approximate surface area is 190 Å². The number of benzene rings is 1. The molecule has 3 heterocycles. The van der Waals surface area contributed by atoms with Gasteiger partial charge in [0.1, 0.15) is 0 Å². The van der Waals surface area contributed by atoms with Crippen LogP contribution in [-0.2, 0) is 11.3 Å². The first kappa shape index (κ1) is 22.8. The van der Waals surface area contributed by atoms with E-state index in [1.54, 1.807) is 4.57 Å². The summed E-state index contributed by atoms with van der Waals surface area (Å²) in [7, 11) is 0. The molecule has 1 aromatic heterocycles. The van der Waals surface area contributed by atoms with Crippen LogP contribution in [0.5, 0.6) is 0 Å². The molecule has 2 saturated heterocycles. The Hall–Kier alpha value is -2.41. The van der Waals surface area contributed by atoms with Gasteiger partial charge in [-0.25, -0.2) is 4.98 Å². The van der Waals surface area contributed by atoms with Crippen molar-refractivity contribution < 1.29 is 4.79 Å². The van der Waals surface area contributed by atoms with Crippen molar-refractivity contribution in [2.75, 3.05) is 18.0 Å². The fourth-order valence-electron chi connectivity index (χ4n) is 5.65. The Morgan fingerprint density at radius 2 is 1.75 bits per heavy atom. The van der Waals surface area contributed by atoms with Crippen molar-refractivity contribution in [2.45, 2.75) is 89.9 Å². The molecule has 7 nitrogen and oxygen atoms in total. The Morgan fingerprint density at radius 1 is 1.09 bits per heavy atom. The Balaban J connectivity index is 1.52. The van der Waals surface area contributed by atoms with Crippen LogP contribution in [0.1, 0.15) is 66.2 Å². The summed E-state index contributed by atoms with van der Waals surface area (Å²) in [6, 6.07) is 7.85. The number of amides is 1. The summed E-state index contributed by atoms with van der Waals surface area (Å²) in [5.74, 6) is 0.515. The summed E-state index contributed by atoms with van der Waals surface area (Å²) >= 11 is 0. The minimum absolute atomic E-state index is 0.00387. The lowest BCUT2D eigenvalue weighted by molar-refractivity contribution is -0.122. The van der Waals surface area contributed by atoms with Gasteiger partial charge in [0.25, 0.3) is 5.56 Å². The number of anilines is 1. The molecule has 0 atom stereocenters. The molecule has 0 bridgehead atoms. The number of fused-ring (bicyclic) bond motifs is 1. The highest BCUT2D eigenvalue weighted by Gasteiger charge is 2.38. The SMILES string of the molecule is CC1(C)CC(NC(=O)CCn2c(=O)c(N3CCCCC3)nc3ccccc32)CC(C)(C)N1. The molecule has 1 aromatic carbocycles. The van der Waals surface area contributed by atoms with Crippen LogP contribution in [0.4, 0.5) is 5.82 Å². The third-order valence-corrected chi connectivity index (χ3v) is 6.61. The lowest BCUT2D eigenvalue weighted by Crippen LogP contribution is -2.62. The zero-order chi connectivity index (χ0) is 22.9. The van der Waals surface area contributed by atoms with Crippen LogP contribution in [0.3, 0.4) is 0 Å². The van der Waals surface area contributed by atoms with Gasteiger partial charge in [-0.2, -0.15) is 0 Å². The standard InChI is InChI=1S/C25H37N5O2/c1-24(2)16-18(17-25(3,4)28-24)26-21(31)12-15-30-20-11-7-6-10-19(20)27-22(23(30)32)29-13-8-5-9-14-29/h6-7,10-11,18,28H,5,8-9,12-17H2,1-4H3,(H,26,31). The van der Waals surface area contributed by atoms with E-state index >= 15 is 0 Å². The second-order valence-electron chi connectivity index (χ2n) is 10.7. The maximum absolute atomic E-state index is 13.4. The fourth-order valence-corrected chi connectivity index (χ4v) is 5.65. The summed E-state index contributed by atoms with van der Waals surface area (Å²) in [4.78, 5) is 33.0. The number of aryl methyl sites for hydroxylation is 1. The van der Waals surface area contributed by atoms with Crippen LogP contribution in [0.2, 0.25) is 0 Å². The van der Waals surface area contributed by atoms with Gasteiger partial charge in [-0.3, -0.25) is 9.59 Å². The number of para-hydroxylation sites is 2. The van der Waals surface area contributed by atoms with Crippen LogP contribution in [0.15, 0.2) is 29.1 Å². The van der Waals surface area contributed by atoms with E-state index in [2.05, 4.69) is 43.2 Å². The molecule has 0 aliphatic carbocycles. The number of rotatable bonds is 5. The zero-order valence-corrected chi connectivity index (χ0v) is 19.9. The van der Waals surface area contributed by atoms with Crippen LogP contribution in [0, 0.1) is 0 Å². The van der Waals surface area contributed by atoms with E-state index < -0.39 is 0 Å². The summed E-state index contributed by atoms with van der Waals surface area (Å²) in [6.07, 6.45) is 5.41. The van der Waals surface area contributed by atoms with E-state index in [1.807, 2.05) is 24.3 Å². The number of nitrogens with one attached hydrogen (secondary N) is 2. The molecule has 4 rings (SSSR count). The molecule has 174 valence electrons. The maximum atomic E-state index is 13.4. The highest BCUT2D eigenvalue weighted by Crippen LogP contribution is 2.28. The molecule has 2 aliphatic heterocycles. The predicted octanol–water partition coefficient (Wildman–Crippen LogP) is 3.20. The third kappa shape index (κ3) is 5.14. The fraction of sp³-hybridized carbons (Fsp3) is 0.640. The van der Waals surface area contributed by atoms with E-state index in [-0.39, 0.29) is 35.0 Å². The quantitative estimate of drug-likeness (QED) is 0.748. The number of hydrogen-bond acceptors (Lipinski definition) is 5. The molecule has 32 heavy (non-hydrogen) atoms. The summed E-state index contributed by atoms with van der Waals surface area (Å²) < 4.78 is 1.74. The van der Waals surface area contributed by atoms with Crippen molar-refractivity contribution in [3.05, 3.63) is 34.6 Å². The highest BCUT2D eigenvalue weighted by molar-refractivity contribution is 5.78. The second-order valence-corrected chi connectivity index (χ2v) is 10.7. The van der Waals surface area contributed by atoms with Gasteiger partial charge in [0.15, 0.2) is 5.82 Å². The zero-order valence-electron chi connectivity index (χ0n) is 19.9. The first-order valence-electron chi connectivity index (χ1n) is 12.0. The smallest absolute Gasteiger partial charge is 0.294 e. The van der Waals surface area contributed by atoms with Gasteiger partial charge in [0.2, 0.25) is 5.91 Å². The molecular formula is C25H37N5O2. The molecule has 2 fully saturated rings. The van der Waals surface area contributed by atoms with Gasteiger partial charge >= 0.3 is 0 Å². The molecule has 2 aromatic rings. The van der Waals surface area contributed by atoms with Gasteiger partial charge in [-0.1, -0.05) is 12.1 Å². The third-order valence-electron chi connectivity index (χ3n) is 6.61. The van der Waals surface area contributed by atoms with Gasteiger partial charge in [0.05, 0.1) is 11.0 Å². The van der Waals surface area contributed by atoms with Crippen molar-refractivity contribution >= 4 is 22.8 Å². The van der Waals surface area contributed by atoms with E-state index in [9.17, 15) is 9.59 Å². The number of carbonyl (C=O) groups is 1. The van der Waals surface area contributed by atoms with Crippen molar-refractivity contribution in [1.82, 2.24) is 20.2 Å². The Bertz CT molecular complexity index is 1020. The number of hydrogen-bond donors (Lipinski definition) is 2. The Kier molecular flexibility index (Phi) is 6.30. The summed E-state index contributed by atoms with van der Waals surface area (Å²) in [5.41, 5.74) is 1.44. The largest absolute Gasteiger partial charge is 0.353 e. The van der Waals surface area contributed by atoms with Crippen LogP contribution < -0.4 is 21.1 Å². The lowest BCUT2D eigenvalue weighted by Gasteiger charge is -2.46. The molecule has 2 N–H and O–H groups in total.